The largest absolute Gasteiger partial charge is 0.451 e. The molecular formula is C37H53F2N5O13S. The Morgan fingerprint density at radius 2 is 1.34 bits per heavy atom. The fourth-order valence-corrected chi connectivity index (χ4v) is 5.60. The number of nitrogens with one attached hydrogen (secondary N) is 2. The molecule has 2 aromatic carbocycles. The lowest BCUT2D eigenvalue weighted by molar-refractivity contribution is -0.145. The SMILES string of the molecule is CCCOCCOCCCC(=O)[C@H](O)[C@@H](O)C(=O)NCCOCCOCCOCCNS(=O)(=O)c1ccc(Oc2c(F)cc(/C=C(\C)C(=O)N=C(N)N)cc2F)cc1. The molecule has 0 aliphatic rings. The molecule has 2 aromatic rings. The van der Waals surface area contributed by atoms with Crippen molar-refractivity contribution in [3.8, 4) is 11.5 Å². The van der Waals surface area contributed by atoms with E-state index < -0.39 is 63.2 Å². The molecule has 0 spiro atoms. The lowest BCUT2D eigenvalue weighted by Gasteiger charge is -2.16. The minimum absolute atomic E-state index is 0.0115. The van der Waals surface area contributed by atoms with Crippen LogP contribution in [0, 0.1) is 11.6 Å². The third kappa shape index (κ3) is 19.3. The fraction of sp³-hybridized carbons (Fsp3) is 0.514. The van der Waals surface area contributed by atoms with E-state index in [1.54, 1.807) is 0 Å². The normalized spacial score (nSPS) is 12.8. The number of aliphatic imine (C=N–C) groups is 1. The molecule has 8 N–H and O–H groups in total. The van der Waals surface area contributed by atoms with Crippen molar-refractivity contribution >= 4 is 39.7 Å². The van der Waals surface area contributed by atoms with Crippen molar-refractivity contribution in [1.82, 2.24) is 10.0 Å². The van der Waals surface area contributed by atoms with E-state index in [9.17, 15) is 41.8 Å². The molecule has 0 unspecified atom stereocenters. The highest BCUT2D eigenvalue weighted by atomic mass is 32.2. The van der Waals surface area contributed by atoms with Gasteiger partial charge in [-0.2, -0.15) is 4.99 Å². The number of carbonyl (C=O) groups is 3. The highest BCUT2D eigenvalue weighted by Crippen LogP contribution is 2.30. The van der Waals surface area contributed by atoms with Gasteiger partial charge in [-0.05, 0) is 67.8 Å². The van der Waals surface area contributed by atoms with Gasteiger partial charge in [0.05, 0.1) is 57.8 Å². The van der Waals surface area contributed by atoms with Crippen LogP contribution in [0.25, 0.3) is 6.08 Å². The van der Waals surface area contributed by atoms with Gasteiger partial charge in [-0.25, -0.2) is 21.9 Å². The Hall–Kier alpha value is -4.45. The first-order valence-corrected chi connectivity index (χ1v) is 19.8. The van der Waals surface area contributed by atoms with Crippen LogP contribution in [0.4, 0.5) is 8.78 Å². The number of carbonyl (C=O) groups excluding carboxylic acids is 3. The molecule has 0 fully saturated rings. The molecule has 58 heavy (non-hydrogen) atoms. The zero-order valence-electron chi connectivity index (χ0n) is 32.5. The average molecular weight is 846 g/mol. The molecule has 18 nitrogen and oxygen atoms in total. The van der Waals surface area contributed by atoms with Gasteiger partial charge in [0.2, 0.25) is 10.0 Å². The second-order valence-corrected chi connectivity index (χ2v) is 14.0. The summed E-state index contributed by atoms with van der Waals surface area (Å²) in [6.07, 6.45) is -1.42. The molecule has 2 rings (SSSR count). The van der Waals surface area contributed by atoms with E-state index in [1.807, 2.05) is 6.92 Å². The van der Waals surface area contributed by atoms with Crippen LogP contribution in [0.1, 0.15) is 38.7 Å². The molecule has 21 heteroatoms. The number of rotatable bonds is 30. The summed E-state index contributed by atoms with van der Waals surface area (Å²) in [6.45, 7) is 5.89. The number of Topliss-reactive ketones (excluding diaryl/α,β-unsaturated/α-hetero) is 1. The Balaban J connectivity index is 1.57. The number of ketones is 1. The van der Waals surface area contributed by atoms with E-state index in [-0.39, 0.29) is 87.5 Å². The first-order chi connectivity index (χ1) is 27.7. The number of hydrogen-bond donors (Lipinski definition) is 6. The minimum Gasteiger partial charge on any atom is -0.451 e. The molecule has 2 atom stereocenters. The molecule has 0 saturated carbocycles. The van der Waals surface area contributed by atoms with Crippen LogP contribution in [0.2, 0.25) is 0 Å². The van der Waals surface area contributed by atoms with Crippen molar-refractivity contribution in [2.24, 2.45) is 16.5 Å². The number of nitrogens with zero attached hydrogens (tertiary/aromatic N) is 1. The van der Waals surface area contributed by atoms with Gasteiger partial charge < -0.3 is 55.4 Å². The quantitative estimate of drug-likeness (QED) is 0.0276. The summed E-state index contributed by atoms with van der Waals surface area (Å²) in [7, 11) is -3.95. The second-order valence-electron chi connectivity index (χ2n) is 12.3. The predicted octanol–water partition coefficient (Wildman–Crippen LogP) is 0.919. The Morgan fingerprint density at radius 1 is 0.810 bits per heavy atom. The first kappa shape index (κ1) is 49.7. The number of sulfonamides is 1. The summed E-state index contributed by atoms with van der Waals surface area (Å²) in [5, 5.41) is 22.4. The number of hydrogen-bond acceptors (Lipinski definition) is 13. The zero-order chi connectivity index (χ0) is 42.9. The monoisotopic (exact) mass is 845 g/mol. The molecule has 0 aliphatic heterocycles. The maximum Gasteiger partial charge on any atom is 0.275 e. The van der Waals surface area contributed by atoms with E-state index in [4.69, 9.17) is 39.9 Å². The molecule has 0 aromatic heterocycles. The Kier molecular flexibility index (Phi) is 23.4. The first-order valence-electron chi connectivity index (χ1n) is 18.3. The van der Waals surface area contributed by atoms with E-state index in [0.717, 1.165) is 18.6 Å². The predicted molar refractivity (Wildman–Crippen MR) is 206 cm³/mol. The van der Waals surface area contributed by atoms with E-state index >= 15 is 0 Å². The zero-order valence-corrected chi connectivity index (χ0v) is 33.3. The number of guanidine groups is 1. The van der Waals surface area contributed by atoms with Crippen molar-refractivity contribution in [2.75, 3.05) is 79.2 Å². The summed E-state index contributed by atoms with van der Waals surface area (Å²) in [6, 6.07) is 6.70. The number of benzene rings is 2. The molecule has 0 heterocycles. The third-order valence-electron chi connectivity index (χ3n) is 7.48. The van der Waals surface area contributed by atoms with Crippen LogP contribution in [0.15, 0.2) is 51.9 Å². The summed E-state index contributed by atoms with van der Waals surface area (Å²) >= 11 is 0. The van der Waals surface area contributed by atoms with Crippen molar-refractivity contribution < 1.29 is 70.2 Å². The smallest absolute Gasteiger partial charge is 0.275 e. The van der Waals surface area contributed by atoms with Crippen LogP contribution in [0.5, 0.6) is 11.5 Å². The Morgan fingerprint density at radius 3 is 1.91 bits per heavy atom. The second kappa shape index (κ2) is 27.3. The molecule has 0 aliphatic carbocycles. The average Bonchev–Trinajstić information content (AvgIpc) is 3.18. The summed E-state index contributed by atoms with van der Waals surface area (Å²) in [5.74, 6) is -5.76. The molecule has 2 amide bonds. The van der Waals surface area contributed by atoms with Crippen LogP contribution >= 0.6 is 0 Å². The van der Waals surface area contributed by atoms with E-state index in [0.29, 0.717) is 26.2 Å². The standard InChI is InChI=1S/C37H53F2N5O13S/c1-3-12-52-16-17-53-13-4-5-31(45)32(46)33(47)36(49)42-10-14-54-18-20-56-21-19-55-15-11-43-58(50,51)28-8-6-27(7-9-28)57-34-29(38)23-26(24-30(34)39)22-25(2)35(48)44-37(40)41/h6-9,22-24,32-33,43,46-47H,3-5,10-21H2,1-2H3,(H,42,49)(H4,40,41,44,48)/b25-22+/t32-,33+/m0/s1. The van der Waals surface area contributed by atoms with Gasteiger partial charge in [-0.1, -0.05) is 6.92 Å². The van der Waals surface area contributed by atoms with Crippen LogP contribution in [-0.2, 0) is 48.1 Å². The van der Waals surface area contributed by atoms with E-state index in [1.165, 1.54) is 37.3 Å². The molecular weight excluding hydrogens is 792 g/mol. The highest BCUT2D eigenvalue weighted by molar-refractivity contribution is 7.89. The van der Waals surface area contributed by atoms with Crippen molar-refractivity contribution in [1.29, 1.82) is 0 Å². The van der Waals surface area contributed by atoms with Gasteiger partial charge in [0.25, 0.3) is 11.8 Å². The van der Waals surface area contributed by atoms with Gasteiger partial charge in [0.15, 0.2) is 35.2 Å². The van der Waals surface area contributed by atoms with Crippen LogP contribution in [-0.4, -0.2) is 134 Å². The molecule has 0 bridgehead atoms. The lowest BCUT2D eigenvalue weighted by Crippen LogP contribution is -2.46. The summed E-state index contributed by atoms with van der Waals surface area (Å²) < 4.78 is 89.0. The maximum atomic E-state index is 14.7. The van der Waals surface area contributed by atoms with Gasteiger partial charge >= 0.3 is 0 Å². The van der Waals surface area contributed by atoms with Gasteiger partial charge in [0, 0.05) is 38.3 Å². The lowest BCUT2D eigenvalue weighted by atomic mass is 10.1. The van der Waals surface area contributed by atoms with Crippen molar-refractivity contribution in [3.63, 3.8) is 0 Å². The number of aliphatic hydroxyl groups excluding tert-OH is 2. The highest BCUT2D eigenvalue weighted by Gasteiger charge is 2.29. The van der Waals surface area contributed by atoms with E-state index in [2.05, 4.69) is 15.0 Å². The Labute approximate surface area is 335 Å². The van der Waals surface area contributed by atoms with Gasteiger partial charge in [0.1, 0.15) is 11.9 Å². The van der Waals surface area contributed by atoms with Gasteiger partial charge in [-0.15, -0.1) is 0 Å². The summed E-state index contributed by atoms with van der Waals surface area (Å²) in [5.41, 5.74) is 10.4. The van der Waals surface area contributed by atoms with Gasteiger partial charge in [-0.3, -0.25) is 14.4 Å². The molecule has 324 valence electrons. The fourth-order valence-electron chi connectivity index (χ4n) is 4.59. The number of amides is 2. The number of halogens is 2. The summed E-state index contributed by atoms with van der Waals surface area (Å²) in [4.78, 5) is 39.2. The third-order valence-corrected chi connectivity index (χ3v) is 8.96. The van der Waals surface area contributed by atoms with Crippen LogP contribution < -0.4 is 26.2 Å². The Bertz CT molecular complexity index is 1740. The molecule has 0 saturated heterocycles. The van der Waals surface area contributed by atoms with Crippen LogP contribution in [0.3, 0.4) is 0 Å². The molecule has 0 radical (unpaired) electrons. The number of aliphatic hydroxyl groups is 2. The number of ether oxygens (including phenoxy) is 6. The van der Waals surface area contributed by atoms with Crippen molar-refractivity contribution in [3.05, 3.63) is 59.2 Å². The maximum absolute atomic E-state index is 14.7. The minimum atomic E-state index is -3.95. The number of nitrogens with two attached hydrogens (primary N) is 2. The van der Waals surface area contributed by atoms with Crippen molar-refractivity contribution in [2.45, 2.75) is 50.2 Å². The topological polar surface area (TPSA) is 270 Å².